The van der Waals surface area contributed by atoms with Gasteiger partial charge in [-0.1, -0.05) is 48.0 Å². The van der Waals surface area contributed by atoms with E-state index in [1.54, 1.807) is 11.1 Å². The summed E-state index contributed by atoms with van der Waals surface area (Å²) in [5.74, 6) is 0.534. The van der Waals surface area contributed by atoms with E-state index >= 15 is 0 Å². The van der Waals surface area contributed by atoms with Gasteiger partial charge in [0.05, 0.1) is 17.4 Å². The van der Waals surface area contributed by atoms with E-state index in [-0.39, 0.29) is 0 Å². The van der Waals surface area contributed by atoms with E-state index in [2.05, 4.69) is 83.0 Å². The van der Waals surface area contributed by atoms with E-state index in [1.807, 2.05) is 0 Å². The van der Waals surface area contributed by atoms with Crippen molar-refractivity contribution in [3.8, 4) is 0 Å². The summed E-state index contributed by atoms with van der Waals surface area (Å²) in [5.41, 5.74) is 11.4. The lowest BCUT2D eigenvalue weighted by Gasteiger charge is -2.44. The fraction of sp³-hybridized carbons (Fsp3) is 0.367. The third-order valence-electron chi connectivity index (χ3n) is 8.65. The first-order chi connectivity index (χ1) is 16.7. The summed E-state index contributed by atoms with van der Waals surface area (Å²) in [7, 11) is 2.22. The number of H-pyrrole nitrogens is 1. The Balaban J connectivity index is 1.25. The molecule has 0 amide bonds. The Morgan fingerprint density at radius 2 is 1.85 bits per heavy atom. The van der Waals surface area contributed by atoms with Crippen LogP contribution in [0.25, 0.3) is 21.8 Å². The van der Waals surface area contributed by atoms with Crippen molar-refractivity contribution in [1.29, 1.82) is 0 Å². The zero-order valence-electron chi connectivity index (χ0n) is 20.1. The van der Waals surface area contributed by atoms with Gasteiger partial charge < -0.3 is 9.55 Å². The minimum atomic E-state index is 0.473. The van der Waals surface area contributed by atoms with Gasteiger partial charge in [-0.05, 0) is 61.8 Å². The second kappa shape index (κ2) is 7.71. The number of nitrogens with zero attached hydrogens (tertiary/aromatic N) is 3. The molecule has 1 N–H and O–H groups in total. The van der Waals surface area contributed by atoms with Crippen molar-refractivity contribution in [1.82, 2.24) is 14.5 Å². The smallest absolute Gasteiger partial charge is 0.0662 e. The zero-order valence-corrected chi connectivity index (χ0v) is 20.1. The fourth-order valence-corrected chi connectivity index (χ4v) is 7.02. The maximum Gasteiger partial charge on any atom is 0.0662 e. The van der Waals surface area contributed by atoms with Crippen molar-refractivity contribution < 1.29 is 0 Å². The fourth-order valence-electron chi connectivity index (χ4n) is 7.02. The van der Waals surface area contributed by atoms with Gasteiger partial charge in [0.2, 0.25) is 0 Å². The molecule has 5 heterocycles. The Hall–Kier alpha value is -3.11. The maximum atomic E-state index is 5.12. The maximum absolute atomic E-state index is 5.12. The summed E-state index contributed by atoms with van der Waals surface area (Å²) >= 11 is 0. The Morgan fingerprint density at radius 1 is 1.03 bits per heavy atom. The molecule has 4 aromatic rings. The molecule has 2 unspecified atom stereocenters. The van der Waals surface area contributed by atoms with Gasteiger partial charge >= 0.3 is 0 Å². The number of aromatic nitrogens is 2. The number of piperidine rings is 1. The number of rotatable bonds is 2. The summed E-state index contributed by atoms with van der Waals surface area (Å²) in [6, 6.07) is 18.2. The van der Waals surface area contributed by atoms with Gasteiger partial charge in [0.1, 0.15) is 0 Å². The monoisotopic (exact) mass is 448 g/mol. The minimum absolute atomic E-state index is 0.473. The Kier molecular flexibility index (Phi) is 4.60. The van der Waals surface area contributed by atoms with Crippen LogP contribution in [0.4, 0.5) is 0 Å². The van der Waals surface area contributed by atoms with Crippen molar-refractivity contribution in [2.24, 2.45) is 18.0 Å². The summed E-state index contributed by atoms with van der Waals surface area (Å²) in [6.45, 7) is 5.37. The third-order valence-corrected chi connectivity index (χ3v) is 8.65. The molecular weight excluding hydrogens is 416 g/mol. The lowest BCUT2D eigenvalue weighted by Crippen LogP contribution is -2.43. The van der Waals surface area contributed by atoms with Gasteiger partial charge in [-0.2, -0.15) is 0 Å². The van der Waals surface area contributed by atoms with Crippen LogP contribution in [0.3, 0.4) is 0 Å². The molecule has 2 aromatic carbocycles. The Labute approximate surface area is 201 Å². The molecule has 34 heavy (non-hydrogen) atoms. The number of aromatic amines is 1. The van der Waals surface area contributed by atoms with Crippen LogP contribution in [0.1, 0.15) is 48.3 Å². The van der Waals surface area contributed by atoms with Gasteiger partial charge in [0.15, 0.2) is 0 Å². The first-order valence-electron chi connectivity index (χ1n) is 12.8. The average Bonchev–Trinajstić information content (AvgIpc) is 3.40. The SMILES string of the molecule is CC=C1CN2CCc3c([nH]c4ccccc34)C2CC1CC1=NCCc2c1n(C)c1ccccc21. The highest BCUT2D eigenvalue weighted by Gasteiger charge is 2.38. The quantitative estimate of drug-likeness (QED) is 0.377. The summed E-state index contributed by atoms with van der Waals surface area (Å²) < 4.78 is 2.39. The number of nitrogens with one attached hydrogen (secondary N) is 1. The number of hydrogen-bond acceptors (Lipinski definition) is 2. The number of aryl methyl sites for hydroxylation is 1. The topological polar surface area (TPSA) is 36.3 Å². The number of fused-ring (bicyclic) bond motifs is 8. The first kappa shape index (κ1) is 20.3. The second-order valence-corrected chi connectivity index (χ2v) is 10.3. The molecule has 2 aromatic heterocycles. The van der Waals surface area contributed by atoms with Crippen LogP contribution in [-0.2, 0) is 19.9 Å². The van der Waals surface area contributed by atoms with E-state index in [1.165, 1.54) is 44.5 Å². The summed E-state index contributed by atoms with van der Waals surface area (Å²) in [5, 5.41) is 2.82. The van der Waals surface area contributed by atoms with Crippen LogP contribution in [-0.4, -0.2) is 39.8 Å². The predicted octanol–water partition coefficient (Wildman–Crippen LogP) is 5.96. The molecule has 1 fully saturated rings. The lowest BCUT2D eigenvalue weighted by atomic mass is 9.78. The molecule has 1 saturated heterocycles. The van der Waals surface area contributed by atoms with Crippen molar-refractivity contribution in [3.05, 3.63) is 82.7 Å². The highest BCUT2D eigenvalue weighted by atomic mass is 15.2. The van der Waals surface area contributed by atoms with Crippen LogP contribution in [0.2, 0.25) is 0 Å². The number of aliphatic imine (C=N–C) groups is 1. The highest BCUT2D eigenvalue weighted by Crippen LogP contribution is 2.44. The molecule has 0 saturated carbocycles. The molecule has 0 spiro atoms. The number of allylic oxidation sites excluding steroid dienone is 1. The third kappa shape index (κ3) is 2.91. The van der Waals surface area contributed by atoms with E-state index < -0.39 is 0 Å². The van der Waals surface area contributed by atoms with Gasteiger partial charge in [0.25, 0.3) is 0 Å². The molecule has 0 aliphatic carbocycles. The molecule has 0 radical (unpaired) electrons. The van der Waals surface area contributed by atoms with Crippen molar-refractivity contribution in [2.45, 2.75) is 38.6 Å². The van der Waals surface area contributed by atoms with Gasteiger partial charge in [-0.15, -0.1) is 0 Å². The molecule has 172 valence electrons. The number of para-hydroxylation sites is 2. The zero-order chi connectivity index (χ0) is 22.8. The van der Waals surface area contributed by atoms with Crippen molar-refractivity contribution in [3.63, 3.8) is 0 Å². The van der Waals surface area contributed by atoms with Gasteiger partial charge in [0, 0.05) is 54.2 Å². The standard InChI is InChI=1S/C30H32N4/c1-3-19-18-34-15-13-23-21-8-4-6-10-25(21)32-29(23)28(34)17-20(19)16-26-30-24(12-14-31-26)22-9-5-7-11-27(22)33(30)2/h3-11,20,28,32H,12-18H2,1-2H3. The molecule has 7 rings (SSSR count). The van der Waals surface area contributed by atoms with Crippen molar-refractivity contribution >= 4 is 27.5 Å². The van der Waals surface area contributed by atoms with Crippen LogP contribution < -0.4 is 0 Å². The van der Waals surface area contributed by atoms with Crippen LogP contribution in [0.15, 0.2) is 65.2 Å². The largest absolute Gasteiger partial charge is 0.357 e. The molecule has 4 nitrogen and oxygen atoms in total. The second-order valence-electron chi connectivity index (χ2n) is 10.3. The van der Waals surface area contributed by atoms with E-state index in [0.29, 0.717) is 12.0 Å². The van der Waals surface area contributed by atoms with E-state index in [0.717, 1.165) is 45.3 Å². The van der Waals surface area contributed by atoms with E-state index in [4.69, 9.17) is 4.99 Å². The van der Waals surface area contributed by atoms with Gasteiger partial charge in [-0.3, -0.25) is 9.89 Å². The summed E-state index contributed by atoms with van der Waals surface area (Å²) in [6.07, 6.45) is 6.78. The van der Waals surface area contributed by atoms with Gasteiger partial charge in [-0.25, -0.2) is 0 Å². The van der Waals surface area contributed by atoms with Crippen LogP contribution >= 0.6 is 0 Å². The predicted molar refractivity (Wildman–Crippen MR) is 141 cm³/mol. The van der Waals surface area contributed by atoms with Crippen LogP contribution in [0, 0.1) is 5.92 Å². The minimum Gasteiger partial charge on any atom is -0.357 e. The number of benzene rings is 2. The summed E-state index contributed by atoms with van der Waals surface area (Å²) in [4.78, 5) is 11.6. The number of hydrogen-bond donors (Lipinski definition) is 1. The van der Waals surface area contributed by atoms with Crippen molar-refractivity contribution in [2.75, 3.05) is 19.6 Å². The Morgan fingerprint density at radius 3 is 2.74 bits per heavy atom. The highest BCUT2D eigenvalue weighted by molar-refractivity contribution is 6.07. The molecule has 0 bridgehead atoms. The normalized spacial score (nSPS) is 23.7. The van der Waals surface area contributed by atoms with E-state index in [9.17, 15) is 0 Å². The molecule has 2 atom stereocenters. The molecule has 3 aliphatic rings. The first-order valence-corrected chi connectivity index (χ1v) is 12.8. The Bertz CT molecular complexity index is 1480. The average molecular weight is 449 g/mol. The molecule has 3 aliphatic heterocycles. The van der Waals surface area contributed by atoms with Crippen LogP contribution in [0.5, 0.6) is 0 Å². The lowest BCUT2D eigenvalue weighted by molar-refractivity contribution is 0.140. The molecular formula is C30H32N4. The molecule has 4 heteroatoms.